The molecule has 2 nitrogen and oxygen atoms in total. The van der Waals surface area contributed by atoms with E-state index in [0.29, 0.717) is 0 Å². The van der Waals surface area contributed by atoms with E-state index >= 15 is 0 Å². The van der Waals surface area contributed by atoms with E-state index in [2.05, 4.69) is 48.5 Å². The van der Waals surface area contributed by atoms with E-state index in [1.807, 2.05) is 13.8 Å². The maximum absolute atomic E-state index is 11.9. The molecule has 0 aliphatic rings. The van der Waals surface area contributed by atoms with Gasteiger partial charge in [0.25, 0.3) is 0 Å². The molecule has 0 saturated heterocycles. The normalized spacial score (nSPS) is 16.8. The molecular weight excluding hydrogens is 212 g/mol. The molecule has 2 heteroatoms. The third-order valence-electron chi connectivity index (χ3n) is 3.25. The van der Waals surface area contributed by atoms with Crippen LogP contribution >= 0.6 is 0 Å². The van der Waals surface area contributed by atoms with Crippen molar-refractivity contribution in [3.8, 4) is 0 Å². The largest absolute Gasteiger partial charge is 0.459 e. The summed E-state index contributed by atoms with van der Waals surface area (Å²) in [5, 5.41) is 0. The van der Waals surface area contributed by atoms with Gasteiger partial charge in [-0.15, -0.1) is 0 Å². The quantitative estimate of drug-likeness (QED) is 0.684. The van der Waals surface area contributed by atoms with Gasteiger partial charge in [-0.1, -0.05) is 55.4 Å². The van der Waals surface area contributed by atoms with Crippen molar-refractivity contribution in [2.45, 2.75) is 74.3 Å². The smallest absolute Gasteiger partial charge is 0.308 e. The Morgan fingerprint density at radius 1 is 1.00 bits per heavy atom. The Labute approximate surface area is 107 Å². The van der Waals surface area contributed by atoms with E-state index in [1.165, 1.54) is 0 Å². The minimum absolute atomic E-state index is 0.0647. The van der Waals surface area contributed by atoms with Crippen LogP contribution in [0, 0.1) is 16.7 Å². The number of rotatable bonds is 3. The average Bonchev–Trinajstić information content (AvgIpc) is 1.97. The minimum atomic E-state index is -0.424. The van der Waals surface area contributed by atoms with Gasteiger partial charge in [0.1, 0.15) is 5.60 Å². The van der Waals surface area contributed by atoms with E-state index in [1.54, 1.807) is 0 Å². The van der Waals surface area contributed by atoms with Crippen LogP contribution in [0.15, 0.2) is 0 Å². The summed E-state index contributed by atoms with van der Waals surface area (Å²) in [5.41, 5.74) is -0.350. The topological polar surface area (TPSA) is 26.3 Å². The lowest BCUT2D eigenvalue weighted by atomic mass is 9.69. The molecule has 0 bridgehead atoms. The maximum Gasteiger partial charge on any atom is 0.308 e. The summed E-state index contributed by atoms with van der Waals surface area (Å²) < 4.78 is 5.80. The van der Waals surface area contributed by atoms with Gasteiger partial charge in [0, 0.05) is 5.41 Å². The lowest BCUT2D eigenvalue weighted by molar-refractivity contribution is -0.179. The molecule has 0 aliphatic carbocycles. The average molecular weight is 242 g/mol. The summed E-state index contributed by atoms with van der Waals surface area (Å²) >= 11 is 0. The zero-order chi connectivity index (χ0) is 14.1. The Hall–Kier alpha value is -0.530. The molecule has 0 heterocycles. The molecule has 0 aromatic carbocycles. The number of esters is 1. The summed E-state index contributed by atoms with van der Waals surface area (Å²) in [6, 6.07) is 0. The van der Waals surface area contributed by atoms with Crippen molar-refractivity contribution >= 4 is 5.97 Å². The lowest BCUT2D eigenvalue weighted by Crippen LogP contribution is -2.47. The molecule has 0 rings (SSSR count). The molecule has 17 heavy (non-hydrogen) atoms. The van der Waals surface area contributed by atoms with Crippen LogP contribution in [-0.2, 0) is 9.53 Å². The Morgan fingerprint density at radius 3 is 1.65 bits per heavy atom. The molecule has 0 fully saturated rings. The Morgan fingerprint density at radius 2 is 1.41 bits per heavy atom. The van der Waals surface area contributed by atoms with Gasteiger partial charge in [0.05, 0.1) is 5.92 Å². The molecule has 0 saturated carbocycles. The summed E-state index contributed by atoms with van der Waals surface area (Å²) in [4.78, 5) is 11.9. The first kappa shape index (κ1) is 16.5. The van der Waals surface area contributed by atoms with E-state index in [4.69, 9.17) is 4.74 Å². The molecule has 0 spiro atoms. The summed E-state index contributed by atoms with van der Waals surface area (Å²) in [5.74, 6) is -0.177. The molecule has 0 amide bonds. The van der Waals surface area contributed by atoms with Crippen LogP contribution in [0.2, 0.25) is 0 Å². The van der Waals surface area contributed by atoms with E-state index in [-0.39, 0.29) is 22.7 Å². The number of hydrogen-bond acceptors (Lipinski definition) is 2. The molecule has 0 radical (unpaired) electrons. The number of ether oxygens (including phenoxy) is 1. The fraction of sp³-hybridized carbons (Fsp3) is 0.933. The van der Waals surface area contributed by atoms with Crippen molar-refractivity contribution in [2.75, 3.05) is 0 Å². The third kappa shape index (κ3) is 5.10. The molecule has 0 aromatic heterocycles. The van der Waals surface area contributed by atoms with Gasteiger partial charge in [-0.3, -0.25) is 4.79 Å². The first-order valence-electron chi connectivity index (χ1n) is 6.51. The monoisotopic (exact) mass is 242 g/mol. The van der Waals surface area contributed by atoms with Gasteiger partial charge in [-0.05, 0) is 18.8 Å². The summed E-state index contributed by atoms with van der Waals surface area (Å²) in [7, 11) is 0. The van der Waals surface area contributed by atoms with Gasteiger partial charge in [0.15, 0.2) is 0 Å². The molecule has 102 valence electrons. The highest BCUT2D eigenvalue weighted by molar-refractivity contribution is 5.72. The second-order valence-electron chi connectivity index (χ2n) is 7.79. The predicted octanol–water partition coefficient (Wildman–Crippen LogP) is 4.43. The predicted molar refractivity (Wildman–Crippen MR) is 72.9 cm³/mol. The molecule has 0 aromatic rings. The van der Waals surface area contributed by atoms with Crippen LogP contribution in [0.25, 0.3) is 0 Å². The van der Waals surface area contributed by atoms with Crippen molar-refractivity contribution in [3.05, 3.63) is 0 Å². The summed E-state index contributed by atoms with van der Waals surface area (Å²) in [6.07, 6.45) is 0.863. The van der Waals surface area contributed by atoms with E-state index in [9.17, 15) is 4.79 Å². The van der Waals surface area contributed by atoms with Gasteiger partial charge in [0.2, 0.25) is 0 Å². The van der Waals surface area contributed by atoms with Crippen LogP contribution in [0.3, 0.4) is 0 Å². The Balaban J connectivity index is 5.07. The molecule has 1 unspecified atom stereocenters. The van der Waals surface area contributed by atoms with Crippen LogP contribution < -0.4 is 0 Å². The molecule has 0 aliphatic heterocycles. The second kappa shape index (κ2) is 4.99. The minimum Gasteiger partial charge on any atom is -0.459 e. The number of carbonyl (C=O) groups is 1. The summed E-state index contributed by atoms with van der Waals surface area (Å²) in [6.45, 7) is 18.7. The van der Waals surface area contributed by atoms with Crippen LogP contribution in [-0.4, -0.2) is 11.6 Å². The van der Waals surface area contributed by atoms with Crippen molar-refractivity contribution in [1.82, 2.24) is 0 Å². The zero-order valence-electron chi connectivity index (χ0n) is 13.1. The van der Waals surface area contributed by atoms with Crippen molar-refractivity contribution in [1.29, 1.82) is 0 Å². The lowest BCUT2D eigenvalue weighted by Gasteiger charge is -2.45. The van der Waals surface area contributed by atoms with E-state index < -0.39 is 5.60 Å². The Bertz CT molecular complexity index is 266. The first-order chi connectivity index (χ1) is 7.28. The first-order valence-corrected chi connectivity index (χ1v) is 6.51. The highest BCUT2D eigenvalue weighted by Crippen LogP contribution is 2.42. The highest BCUT2D eigenvalue weighted by atomic mass is 16.6. The van der Waals surface area contributed by atoms with Crippen LogP contribution in [0.4, 0.5) is 0 Å². The third-order valence-corrected chi connectivity index (χ3v) is 3.25. The van der Waals surface area contributed by atoms with Gasteiger partial charge >= 0.3 is 5.97 Å². The standard InChI is InChI=1S/C15H30O2/c1-11(2)12(16)17-15(9,14(6,7)8)10-13(3,4)5/h11H,10H2,1-9H3. The van der Waals surface area contributed by atoms with Crippen molar-refractivity contribution in [3.63, 3.8) is 0 Å². The SMILES string of the molecule is CC(C)C(=O)OC(C)(CC(C)(C)C)C(C)(C)C. The van der Waals surface area contributed by atoms with Crippen LogP contribution in [0.5, 0.6) is 0 Å². The fourth-order valence-corrected chi connectivity index (χ4v) is 1.81. The molecule has 0 N–H and O–H groups in total. The zero-order valence-corrected chi connectivity index (χ0v) is 13.1. The molecular formula is C15H30O2. The van der Waals surface area contributed by atoms with E-state index in [0.717, 1.165) is 6.42 Å². The second-order valence-corrected chi connectivity index (χ2v) is 7.79. The Kier molecular flexibility index (Phi) is 4.84. The highest BCUT2D eigenvalue weighted by Gasteiger charge is 2.44. The number of hydrogen-bond donors (Lipinski definition) is 0. The van der Waals surface area contributed by atoms with Crippen molar-refractivity contribution in [2.24, 2.45) is 16.7 Å². The van der Waals surface area contributed by atoms with Crippen LogP contribution in [0.1, 0.15) is 68.7 Å². The molecule has 1 atom stereocenters. The van der Waals surface area contributed by atoms with Gasteiger partial charge < -0.3 is 4.74 Å². The maximum atomic E-state index is 11.9. The fourth-order valence-electron chi connectivity index (χ4n) is 1.81. The van der Waals surface area contributed by atoms with Gasteiger partial charge in [-0.2, -0.15) is 0 Å². The van der Waals surface area contributed by atoms with Gasteiger partial charge in [-0.25, -0.2) is 0 Å². The number of carbonyl (C=O) groups excluding carboxylic acids is 1. The van der Waals surface area contributed by atoms with Crippen molar-refractivity contribution < 1.29 is 9.53 Å².